The Balaban J connectivity index is 2.32. The van der Waals surface area contributed by atoms with Crippen molar-refractivity contribution in [1.82, 2.24) is 4.90 Å². The molecule has 25 heavy (non-hydrogen) atoms. The van der Waals surface area contributed by atoms with E-state index in [1.807, 2.05) is 0 Å². The summed E-state index contributed by atoms with van der Waals surface area (Å²) >= 11 is -2.40. The molecule has 0 radical (unpaired) electrons. The summed E-state index contributed by atoms with van der Waals surface area (Å²) in [5.74, 6) is -2.11. The van der Waals surface area contributed by atoms with Crippen molar-refractivity contribution in [3.63, 3.8) is 0 Å². The molecule has 1 aromatic rings. The first-order valence-corrected chi connectivity index (χ1v) is 8.74. The normalized spacial score (nSPS) is 18.4. The fourth-order valence-corrected chi connectivity index (χ4v) is 3.66. The summed E-state index contributed by atoms with van der Waals surface area (Å²) in [5.41, 5.74) is -0.188. The van der Waals surface area contributed by atoms with Crippen LogP contribution < -0.4 is 0 Å². The van der Waals surface area contributed by atoms with Crippen LogP contribution in [0.4, 0.5) is 32.0 Å². The van der Waals surface area contributed by atoms with Crippen LogP contribution in [-0.4, -0.2) is 46.7 Å². The van der Waals surface area contributed by atoms with Gasteiger partial charge >= 0.3 is 6.18 Å². The van der Waals surface area contributed by atoms with E-state index in [1.165, 1.54) is 11.8 Å². The van der Waals surface area contributed by atoms with Crippen LogP contribution in [0.25, 0.3) is 0 Å². The molecule has 0 amide bonds. The van der Waals surface area contributed by atoms with Crippen LogP contribution in [0.3, 0.4) is 0 Å². The molecule has 140 valence electrons. The minimum absolute atomic E-state index is 0.111. The third-order valence-electron chi connectivity index (χ3n) is 3.59. The molecule has 0 bridgehead atoms. The van der Waals surface area contributed by atoms with E-state index >= 15 is 0 Å². The molecule has 1 fully saturated rings. The van der Waals surface area contributed by atoms with Gasteiger partial charge in [-0.1, -0.05) is 0 Å². The molecule has 1 heterocycles. The number of nitrogens with zero attached hydrogens (tertiary/aromatic N) is 2. The average Bonchev–Trinajstić information content (AvgIpc) is 2.86. The molecule has 1 saturated heterocycles. The molecule has 1 unspecified atom stereocenters. The lowest BCUT2D eigenvalue weighted by molar-refractivity contribution is -0.106. The summed E-state index contributed by atoms with van der Waals surface area (Å²) in [7, 11) is 0. The van der Waals surface area contributed by atoms with Gasteiger partial charge in [0.05, 0.1) is 6.54 Å². The Morgan fingerprint density at radius 1 is 1.32 bits per heavy atom. The Labute approximate surface area is 143 Å². The number of rotatable bonds is 5. The van der Waals surface area contributed by atoms with Crippen molar-refractivity contribution in [2.24, 2.45) is 4.99 Å². The molecule has 0 saturated carbocycles. The van der Waals surface area contributed by atoms with Gasteiger partial charge in [-0.2, -0.15) is 13.2 Å². The highest BCUT2D eigenvalue weighted by molar-refractivity contribution is 7.91. The van der Waals surface area contributed by atoms with Crippen molar-refractivity contribution >= 4 is 22.7 Å². The molecule has 0 N–H and O–H groups in total. The Hall–Kier alpha value is -1.42. The SMILES string of the molecule is Cc1cc(F)c(/N=C2\CCCN2CC(F)F)cc1[S+]([O-])CC(F)(F)F. The second kappa shape index (κ2) is 7.86. The second-order valence-electron chi connectivity index (χ2n) is 5.64. The van der Waals surface area contributed by atoms with Gasteiger partial charge in [-0.25, -0.2) is 18.2 Å². The zero-order valence-corrected chi connectivity index (χ0v) is 14.1. The Morgan fingerprint density at radius 3 is 2.60 bits per heavy atom. The van der Waals surface area contributed by atoms with E-state index < -0.39 is 41.9 Å². The number of amidine groups is 1. The number of hydrogen-bond acceptors (Lipinski definition) is 2. The highest BCUT2D eigenvalue weighted by Crippen LogP contribution is 2.30. The van der Waals surface area contributed by atoms with E-state index in [0.717, 1.165) is 12.1 Å². The lowest BCUT2D eigenvalue weighted by Crippen LogP contribution is -2.29. The van der Waals surface area contributed by atoms with Gasteiger partial charge in [0.25, 0.3) is 6.43 Å². The van der Waals surface area contributed by atoms with Crippen molar-refractivity contribution in [3.05, 3.63) is 23.5 Å². The average molecular weight is 386 g/mol. The number of benzene rings is 1. The molecule has 10 heteroatoms. The Bertz CT molecular complexity index is 650. The molecular weight excluding hydrogens is 370 g/mol. The zero-order valence-electron chi connectivity index (χ0n) is 13.2. The van der Waals surface area contributed by atoms with Crippen LogP contribution in [0.2, 0.25) is 0 Å². The second-order valence-corrected chi connectivity index (χ2v) is 7.06. The van der Waals surface area contributed by atoms with E-state index in [0.29, 0.717) is 19.4 Å². The van der Waals surface area contributed by atoms with Crippen molar-refractivity contribution in [2.45, 2.75) is 37.3 Å². The first-order chi connectivity index (χ1) is 11.6. The first kappa shape index (κ1) is 19.9. The zero-order chi connectivity index (χ0) is 18.8. The predicted octanol–water partition coefficient (Wildman–Crippen LogP) is 4.19. The molecular formula is C15H16F6N2OS. The molecule has 1 aliphatic rings. The van der Waals surface area contributed by atoms with E-state index in [-0.39, 0.29) is 22.0 Å². The summed E-state index contributed by atoms with van der Waals surface area (Å²) in [6.07, 6.45) is -6.27. The number of likely N-dealkylation sites (tertiary alicyclic amines) is 1. The van der Waals surface area contributed by atoms with Gasteiger partial charge in [-0.3, -0.25) is 0 Å². The molecule has 0 spiro atoms. The van der Waals surface area contributed by atoms with Crippen LogP contribution in [0.1, 0.15) is 18.4 Å². The van der Waals surface area contributed by atoms with Gasteiger partial charge in [0.1, 0.15) is 17.3 Å². The molecule has 0 aromatic heterocycles. The van der Waals surface area contributed by atoms with E-state index in [1.54, 1.807) is 0 Å². The van der Waals surface area contributed by atoms with Crippen molar-refractivity contribution in [1.29, 1.82) is 0 Å². The van der Waals surface area contributed by atoms with Gasteiger partial charge < -0.3 is 9.45 Å². The largest absolute Gasteiger partial charge is 0.611 e. The van der Waals surface area contributed by atoms with Crippen molar-refractivity contribution in [2.75, 3.05) is 18.8 Å². The van der Waals surface area contributed by atoms with Crippen molar-refractivity contribution in [3.8, 4) is 0 Å². The highest BCUT2D eigenvalue weighted by Gasteiger charge is 2.36. The van der Waals surface area contributed by atoms with Crippen LogP contribution in [0, 0.1) is 12.7 Å². The minimum Gasteiger partial charge on any atom is -0.611 e. The highest BCUT2D eigenvalue weighted by atomic mass is 32.2. The van der Waals surface area contributed by atoms with Gasteiger partial charge in [0, 0.05) is 24.6 Å². The van der Waals surface area contributed by atoms with Crippen LogP contribution in [0.5, 0.6) is 0 Å². The van der Waals surface area contributed by atoms with Crippen molar-refractivity contribution < 1.29 is 30.9 Å². The summed E-state index contributed by atoms with van der Waals surface area (Å²) in [6, 6.07) is 1.95. The molecule has 0 aliphatic carbocycles. The van der Waals surface area contributed by atoms with Gasteiger partial charge in [-0.05, 0) is 30.6 Å². The summed E-state index contributed by atoms with van der Waals surface area (Å²) in [4.78, 5) is 5.14. The number of aryl methyl sites for hydroxylation is 1. The predicted molar refractivity (Wildman–Crippen MR) is 82.4 cm³/mol. The fraction of sp³-hybridized carbons (Fsp3) is 0.533. The Morgan fingerprint density at radius 2 is 2.00 bits per heavy atom. The smallest absolute Gasteiger partial charge is 0.433 e. The topological polar surface area (TPSA) is 38.7 Å². The third-order valence-corrected chi connectivity index (χ3v) is 5.11. The first-order valence-electron chi connectivity index (χ1n) is 7.43. The van der Waals surface area contributed by atoms with Crippen LogP contribution >= 0.6 is 0 Å². The fourth-order valence-electron chi connectivity index (χ4n) is 2.54. The monoisotopic (exact) mass is 386 g/mol. The van der Waals surface area contributed by atoms with E-state index in [4.69, 9.17) is 0 Å². The molecule has 1 aliphatic heterocycles. The number of alkyl halides is 5. The van der Waals surface area contributed by atoms with E-state index in [2.05, 4.69) is 4.99 Å². The maximum absolute atomic E-state index is 14.1. The summed E-state index contributed by atoms with van der Waals surface area (Å²) in [6.45, 7) is 1.16. The summed E-state index contributed by atoms with van der Waals surface area (Å²) in [5, 5.41) is 0. The number of aliphatic imine (C=N–C) groups is 1. The molecule has 3 nitrogen and oxygen atoms in total. The standard InChI is InChI=1S/C15H16F6N2OS/c1-9-5-10(16)11(6-12(9)25(24)8-15(19,20)21)22-14-3-2-4-23(14)7-13(17)18/h5-6,13H,2-4,7-8H2,1H3/b22-14+. The molecule has 1 aromatic carbocycles. The molecule has 1 atom stereocenters. The third kappa shape index (κ3) is 5.53. The Kier molecular flexibility index (Phi) is 6.26. The van der Waals surface area contributed by atoms with Crippen LogP contribution in [-0.2, 0) is 11.2 Å². The maximum atomic E-state index is 14.1. The minimum atomic E-state index is -4.63. The van der Waals surface area contributed by atoms with Gasteiger partial charge in [0.2, 0.25) is 5.75 Å². The van der Waals surface area contributed by atoms with E-state index in [9.17, 15) is 30.9 Å². The summed E-state index contributed by atoms with van der Waals surface area (Å²) < 4.78 is 88.4. The lowest BCUT2D eigenvalue weighted by Gasteiger charge is -2.19. The number of hydrogen-bond donors (Lipinski definition) is 0. The quantitative estimate of drug-likeness (QED) is 0.562. The number of halogens is 6. The molecule has 2 rings (SSSR count). The van der Waals surface area contributed by atoms with Crippen LogP contribution in [0.15, 0.2) is 22.0 Å². The maximum Gasteiger partial charge on any atom is 0.433 e. The van der Waals surface area contributed by atoms with Gasteiger partial charge in [-0.15, -0.1) is 0 Å². The lowest BCUT2D eigenvalue weighted by atomic mass is 10.2. The van der Waals surface area contributed by atoms with Gasteiger partial charge in [0.15, 0.2) is 4.90 Å².